The van der Waals surface area contributed by atoms with Gasteiger partial charge in [0.15, 0.2) is 6.54 Å². The Morgan fingerprint density at radius 3 is 2.91 bits per heavy atom. The summed E-state index contributed by atoms with van der Waals surface area (Å²) in [5.74, 6) is -2.15. The monoisotopic (exact) mass is 327 g/mol. The van der Waals surface area contributed by atoms with Crippen LogP contribution in [0.25, 0.3) is 0 Å². The van der Waals surface area contributed by atoms with Gasteiger partial charge in [-0.05, 0) is 31.9 Å². The van der Waals surface area contributed by atoms with Crippen LogP contribution in [0.1, 0.15) is 19.8 Å². The number of carbonyl (C=O) groups is 2. The second-order valence-corrected chi connectivity index (χ2v) is 5.64. The zero-order valence-electron chi connectivity index (χ0n) is 13.0. The fourth-order valence-corrected chi connectivity index (χ4v) is 2.79. The normalized spacial score (nSPS) is 20.8. The maximum absolute atomic E-state index is 13.5. The Balaban J connectivity index is 1.89. The molecule has 1 amide bonds. The van der Waals surface area contributed by atoms with Crippen LogP contribution in [0, 0.1) is 17.6 Å². The molecular formula is C16H21F2N2O3+. The fraction of sp³-hybridized carbons (Fsp3) is 0.500. The molecule has 1 unspecified atom stereocenters. The van der Waals surface area contributed by atoms with E-state index in [0.29, 0.717) is 13.2 Å². The van der Waals surface area contributed by atoms with Gasteiger partial charge >= 0.3 is 5.97 Å². The van der Waals surface area contributed by atoms with Gasteiger partial charge < -0.3 is 15.0 Å². The number of ether oxygens (including phenoxy) is 1. The number of nitrogens with one attached hydrogen (secondary N) is 2. The van der Waals surface area contributed by atoms with Gasteiger partial charge in [-0.1, -0.05) is 0 Å². The molecule has 1 saturated heterocycles. The molecule has 126 valence electrons. The summed E-state index contributed by atoms with van der Waals surface area (Å²) >= 11 is 0. The molecule has 1 aromatic rings. The lowest BCUT2D eigenvalue weighted by molar-refractivity contribution is -0.899. The van der Waals surface area contributed by atoms with Crippen LogP contribution in [-0.4, -0.2) is 38.1 Å². The first-order valence-corrected chi connectivity index (χ1v) is 7.74. The lowest BCUT2D eigenvalue weighted by Gasteiger charge is -2.28. The number of rotatable bonds is 5. The standard InChI is InChI=1S/C16H20F2N2O3/c1-2-23-16(22)11-4-3-7-20(9-11)10-15(21)19-14-8-12(17)5-6-13(14)18/h5-6,8,11H,2-4,7,9-10H2,1H3,(H,19,21)/p+1/t11-/m0/s1. The van der Waals surface area contributed by atoms with Crippen LogP contribution in [0.15, 0.2) is 18.2 Å². The van der Waals surface area contributed by atoms with E-state index in [1.807, 2.05) is 0 Å². The average Bonchev–Trinajstić information content (AvgIpc) is 2.51. The number of likely N-dealkylation sites (tertiary alicyclic amines) is 1. The molecule has 5 nitrogen and oxygen atoms in total. The first-order valence-electron chi connectivity index (χ1n) is 7.74. The third-order valence-electron chi connectivity index (χ3n) is 3.85. The lowest BCUT2D eigenvalue weighted by atomic mass is 9.98. The van der Waals surface area contributed by atoms with Crippen LogP contribution in [0.4, 0.5) is 14.5 Å². The molecule has 1 aliphatic heterocycles. The molecule has 0 radical (unpaired) electrons. The topological polar surface area (TPSA) is 59.8 Å². The Kier molecular flexibility index (Phi) is 6.04. The molecule has 1 aromatic carbocycles. The van der Waals surface area contributed by atoms with Crippen molar-refractivity contribution in [3.05, 3.63) is 29.8 Å². The Labute approximate surface area is 133 Å². The summed E-state index contributed by atoms with van der Waals surface area (Å²) < 4.78 is 31.6. The Hall–Kier alpha value is -2.02. The molecule has 2 rings (SSSR count). The van der Waals surface area contributed by atoms with Crippen LogP contribution in [0.2, 0.25) is 0 Å². The third kappa shape index (κ3) is 4.99. The minimum Gasteiger partial charge on any atom is -0.466 e. The maximum atomic E-state index is 13.5. The van der Waals surface area contributed by atoms with E-state index in [9.17, 15) is 18.4 Å². The molecule has 0 saturated carbocycles. The zero-order chi connectivity index (χ0) is 16.8. The summed E-state index contributed by atoms with van der Waals surface area (Å²) in [5.41, 5.74) is -0.173. The predicted octanol–water partition coefficient (Wildman–Crippen LogP) is 0.761. The quantitative estimate of drug-likeness (QED) is 0.785. The smallest absolute Gasteiger partial charge is 0.314 e. The van der Waals surface area contributed by atoms with Crippen molar-refractivity contribution in [1.82, 2.24) is 0 Å². The second-order valence-electron chi connectivity index (χ2n) is 5.64. The number of hydrogen-bond donors (Lipinski definition) is 2. The molecule has 2 atom stereocenters. The van der Waals surface area contributed by atoms with Gasteiger partial charge in [0.25, 0.3) is 5.91 Å². The van der Waals surface area contributed by atoms with Crippen molar-refractivity contribution in [2.75, 3.05) is 31.6 Å². The Morgan fingerprint density at radius 2 is 2.17 bits per heavy atom. The lowest BCUT2D eigenvalue weighted by Crippen LogP contribution is -3.14. The van der Waals surface area contributed by atoms with Crippen LogP contribution >= 0.6 is 0 Å². The van der Waals surface area contributed by atoms with Crippen LogP contribution in [0.3, 0.4) is 0 Å². The van der Waals surface area contributed by atoms with E-state index in [1.54, 1.807) is 6.92 Å². The van der Waals surface area contributed by atoms with Gasteiger partial charge in [-0.25, -0.2) is 8.78 Å². The second kappa shape index (κ2) is 8.01. The van der Waals surface area contributed by atoms with E-state index in [2.05, 4.69) is 5.32 Å². The number of quaternary nitrogens is 1. The Morgan fingerprint density at radius 1 is 1.39 bits per heavy atom. The van der Waals surface area contributed by atoms with Crippen LogP contribution in [-0.2, 0) is 14.3 Å². The fourth-order valence-electron chi connectivity index (χ4n) is 2.79. The summed E-state index contributed by atoms with van der Waals surface area (Å²) in [5, 5.41) is 2.38. The van der Waals surface area contributed by atoms with Crippen molar-refractivity contribution in [3.63, 3.8) is 0 Å². The highest BCUT2D eigenvalue weighted by atomic mass is 19.1. The van der Waals surface area contributed by atoms with E-state index in [4.69, 9.17) is 4.74 Å². The largest absolute Gasteiger partial charge is 0.466 e. The number of esters is 1. The van der Waals surface area contributed by atoms with Gasteiger partial charge in [-0.15, -0.1) is 0 Å². The van der Waals surface area contributed by atoms with Gasteiger partial charge in [0.05, 0.1) is 25.4 Å². The predicted molar refractivity (Wildman–Crippen MR) is 79.9 cm³/mol. The SMILES string of the molecule is CCOC(=O)[C@H]1CCC[NH+](CC(=O)Nc2cc(F)ccc2F)C1. The van der Waals surface area contributed by atoms with E-state index >= 15 is 0 Å². The summed E-state index contributed by atoms with van der Waals surface area (Å²) in [4.78, 5) is 24.7. The van der Waals surface area contributed by atoms with Gasteiger partial charge in [-0.3, -0.25) is 9.59 Å². The van der Waals surface area contributed by atoms with Crippen molar-refractivity contribution < 1.29 is 28.0 Å². The number of carbonyl (C=O) groups excluding carboxylic acids is 2. The van der Waals surface area contributed by atoms with Crippen molar-refractivity contribution in [3.8, 4) is 0 Å². The maximum Gasteiger partial charge on any atom is 0.314 e. The van der Waals surface area contributed by atoms with Crippen LogP contribution in [0.5, 0.6) is 0 Å². The minimum atomic E-state index is -0.683. The highest BCUT2D eigenvalue weighted by Gasteiger charge is 2.30. The van der Waals surface area contributed by atoms with Gasteiger partial charge in [0.1, 0.15) is 17.6 Å². The number of halogens is 2. The van der Waals surface area contributed by atoms with Crippen LogP contribution < -0.4 is 10.2 Å². The highest BCUT2D eigenvalue weighted by molar-refractivity contribution is 5.91. The summed E-state index contributed by atoms with van der Waals surface area (Å²) in [6, 6.07) is 2.90. The van der Waals surface area contributed by atoms with Gasteiger partial charge in [0.2, 0.25) is 0 Å². The number of piperidine rings is 1. The molecule has 1 fully saturated rings. The van der Waals surface area contributed by atoms with Gasteiger partial charge in [-0.2, -0.15) is 0 Å². The molecule has 0 aliphatic carbocycles. The summed E-state index contributed by atoms with van der Waals surface area (Å²) in [6.45, 7) is 3.47. The zero-order valence-corrected chi connectivity index (χ0v) is 13.0. The van der Waals surface area contributed by atoms with Crippen molar-refractivity contribution in [2.24, 2.45) is 5.92 Å². The van der Waals surface area contributed by atoms with E-state index in [1.165, 1.54) is 0 Å². The van der Waals surface area contributed by atoms with E-state index < -0.39 is 17.5 Å². The first-order chi connectivity index (χ1) is 11.0. The number of anilines is 1. The molecule has 23 heavy (non-hydrogen) atoms. The number of hydrogen-bond acceptors (Lipinski definition) is 3. The molecular weight excluding hydrogens is 306 g/mol. The van der Waals surface area contributed by atoms with Gasteiger partial charge in [0, 0.05) is 6.07 Å². The van der Waals surface area contributed by atoms with E-state index in [-0.39, 0.29) is 24.1 Å². The molecule has 0 bridgehead atoms. The Bertz CT molecular complexity index is 580. The first kappa shape index (κ1) is 17.3. The number of benzene rings is 1. The number of amides is 1. The summed E-state index contributed by atoms with van der Waals surface area (Å²) in [7, 11) is 0. The minimum absolute atomic E-state index is 0.103. The molecule has 0 aromatic heterocycles. The third-order valence-corrected chi connectivity index (χ3v) is 3.85. The average molecular weight is 327 g/mol. The molecule has 1 aliphatic rings. The molecule has 1 heterocycles. The van der Waals surface area contributed by atoms with E-state index in [0.717, 1.165) is 42.5 Å². The molecule has 0 spiro atoms. The highest BCUT2D eigenvalue weighted by Crippen LogP contribution is 2.15. The van der Waals surface area contributed by atoms with Crippen molar-refractivity contribution in [1.29, 1.82) is 0 Å². The summed E-state index contributed by atoms with van der Waals surface area (Å²) in [6.07, 6.45) is 1.57. The van der Waals surface area contributed by atoms with Crippen molar-refractivity contribution in [2.45, 2.75) is 19.8 Å². The van der Waals surface area contributed by atoms with Crippen molar-refractivity contribution >= 4 is 17.6 Å². The molecule has 2 N–H and O–H groups in total. The molecule has 7 heteroatoms.